The Morgan fingerprint density at radius 1 is 1.39 bits per heavy atom. The summed E-state index contributed by atoms with van der Waals surface area (Å²) in [6, 6.07) is -1.91. The van der Waals surface area contributed by atoms with Crippen LogP contribution in [0.4, 0.5) is 13.6 Å². The van der Waals surface area contributed by atoms with E-state index in [1.807, 2.05) is 0 Å². The van der Waals surface area contributed by atoms with Gasteiger partial charge in [-0.3, -0.25) is 0 Å². The Labute approximate surface area is 103 Å². The number of amides is 1. The van der Waals surface area contributed by atoms with Crippen LogP contribution in [-0.2, 0) is 9.53 Å². The average molecular weight is 269 g/mol. The second-order valence-electron chi connectivity index (χ2n) is 4.63. The van der Waals surface area contributed by atoms with Crippen molar-refractivity contribution < 1.29 is 33.3 Å². The number of alkyl halides is 2. The minimum absolute atomic E-state index is 0.885. The van der Waals surface area contributed by atoms with Crippen LogP contribution in [0.3, 0.4) is 0 Å². The zero-order valence-corrected chi connectivity index (χ0v) is 10.3. The highest BCUT2D eigenvalue weighted by atomic mass is 19.2. The number of ether oxygens (including phenoxy) is 1. The lowest BCUT2D eigenvalue weighted by molar-refractivity contribution is -0.149. The number of halogens is 2. The average Bonchev–Trinajstić information content (AvgIpc) is 2.21. The van der Waals surface area contributed by atoms with Crippen molar-refractivity contribution in [2.45, 2.75) is 44.7 Å². The summed E-state index contributed by atoms with van der Waals surface area (Å²) in [4.78, 5) is 21.8. The molecule has 0 radical (unpaired) electrons. The van der Waals surface area contributed by atoms with E-state index in [0.29, 0.717) is 0 Å². The first-order chi connectivity index (χ1) is 8.08. The molecule has 0 saturated carbocycles. The van der Waals surface area contributed by atoms with E-state index in [4.69, 9.17) is 14.9 Å². The SMILES string of the molecule is CC(C)(C)OC(=O)N[C@@H]([C@@H](F)CF)[C@@H](O)C(=O)O. The maximum absolute atomic E-state index is 13.1. The molecule has 3 N–H and O–H groups in total. The smallest absolute Gasteiger partial charge is 0.408 e. The number of aliphatic hydroxyl groups excluding tert-OH is 1. The van der Waals surface area contributed by atoms with Crippen molar-refractivity contribution in [2.24, 2.45) is 0 Å². The van der Waals surface area contributed by atoms with Crippen LogP contribution in [-0.4, -0.2) is 52.9 Å². The van der Waals surface area contributed by atoms with Crippen LogP contribution < -0.4 is 5.32 Å². The number of carboxylic acid groups (broad SMARTS) is 1. The first-order valence-electron chi connectivity index (χ1n) is 5.19. The molecule has 0 fully saturated rings. The molecule has 106 valence electrons. The van der Waals surface area contributed by atoms with Gasteiger partial charge in [-0.05, 0) is 20.8 Å². The highest BCUT2D eigenvalue weighted by molar-refractivity contribution is 5.75. The van der Waals surface area contributed by atoms with Crippen molar-refractivity contribution >= 4 is 12.1 Å². The summed E-state index contributed by atoms with van der Waals surface area (Å²) >= 11 is 0. The van der Waals surface area contributed by atoms with Gasteiger partial charge in [-0.2, -0.15) is 0 Å². The second kappa shape index (κ2) is 6.48. The first-order valence-corrected chi connectivity index (χ1v) is 5.19. The van der Waals surface area contributed by atoms with Gasteiger partial charge in [-0.1, -0.05) is 0 Å². The molecule has 0 spiro atoms. The molecular weight excluding hydrogens is 252 g/mol. The van der Waals surface area contributed by atoms with Crippen LogP contribution in [0, 0.1) is 0 Å². The molecule has 0 aliphatic heterocycles. The van der Waals surface area contributed by atoms with Gasteiger partial charge >= 0.3 is 12.1 Å². The summed E-state index contributed by atoms with van der Waals surface area (Å²) in [5.41, 5.74) is -0.885. The normalized spacial score (nSPS) is 16.6. The molecule has 0 aromatic heterocycles. The first kappa shape index (κ1) is 16.6. The summed E-state index contributed by atoms with van der Waals surface area (Å²) in [6.07, 6.45) is -5.74. The van der Waals surface area contributed by atoms with Gasteiger partial charge in [-0.25, -0.2) is 18.4 Å². The predicted molar refractivity (Wildman–Crippen MR) is 57.7 cm³/mol. The lowest BCUT2D eigenvalue weighted by atomic mass is 10.1. The van der Waals surface area contributed by atoms with Crippen molar-refractivity contribution in [3.05, 3.63) is 0 Å². The maximum Gasteiger partial charge on any atom is 0.408 e. The Kier molecular flexibility index (Phi) is 5.96. The zero-order valence-electron chi connectivity index (χ0n) is 10.3. The molecule has 0 saturated heterocycles. The molecule has 6 nitrogen and oxygen atoms in total. The molecule has 18 heavy (non-hydrogen) atoms. The molecule has 0 heterocycles. The fourth-order valence-electron chi connectivity index (χ4n) is 1.06. The monoisotopic (exact) mass is 269 g/mol. The van der Waals surface area contributed by atoms with Gasteiger partial charge in [-0.15, -0.1) is 0 Å². The van der Waals surface area contributed by atoms with Crippen molar-refractivity contribution in [1.29, 1.82) is 0 Å². The number of carbonyl (C=O) groups is 2. The summed E-state index contributed by atoms with van der Waals surface area (Å²) < 4.78 is 30.1. The van der Waals surface area contributed by atoms with Gasteiger partial charge < -0.3 is 20.3 Å². The fourth-order valence-corrected chi connectivity index (χ4v) is 1.06. The molecule has 0 bridgehead atoms. The zero-order chi connectivity index (χ0) is 14.5. The number of hydrogen-bond acceptors (Lipinski definition) is 4. The van der Waals surface area contributed by atoms with E-state index < -0.39 is 42.7 Å². The molecule has 8 heteroatoms. The lowest BCUT2D eigenvalue weighted by Gasteiger charge is -2.26. The van der Waals surface area contributed by atoms with Gasteiger partial charge in [0, 0.05) is 0 Å². The van der Waals surface area contributed by atoms with Crippen LogP contribution in [0.2, 0.25) is 0 Å². The fraction of sp³-hybridized carbons (Fsp3) is 0.800. The largest absolute Gasteiger partial charge is 0.479 e. The van der Waals surface area contributed by atoms with Gasteiger partial charge in [0.15, 0.2) is 12.3 Å². The van der Waals surface area contributed by atoms with Crippen LogP contribution >= 0.6 is 0 Å². The molecule has 0 aromatic rings. The van der Waals surface area contributed by atoms with E-state index in [-0.39, 0.29) is 0 Å². The topological polar surface area (TPSA) is 95.9 Å². The van der Waals surface area contributed by atoms with E-state index >= 15 is 0 Å². The summed E-state index contributed by atoms with van der Waals surface area (Å²) in [6.45, 7) is 3.08. The number of rotatable bonds is 5. The number of aliphatic hydroxyl groups is 1. The molecular formula is C10H17F2NO5. The lowest BCUT2D eigenvalue weighted by Crippen LogP contribution is -2.53. The van der Waals surface area contributed by atoms with Crippen LogP contribution in [0.15, 0.2) is 0 Å². The Morgan fingerprint density at radius 3 is 2.22 bits per heavy atom. The van der Waals surface area contributed by atoms with Crippen LogP contribution in [0.25, 0.3) is 0 Å². The molecule has 0 unspecified atom stereocenters. The molecule has 3 atom stereocenters. The Morgan fingerprint density at radius 2 is 1.89 bits per heavy atom. The van der Waals surface area contributed by atoms with E-state index in [0.717, 1.165) is 0 Å². The van der Waals surface area contributed by atoms with Gasteiger partial charge in [0.1, 0.15) is 18.3 Å². The Bertz CT molecular complexity index is 305. The summed E-state index contributed by atoms with van der Waals surface area (Å²) in [5.74, 6) is -1.77. The summed E-state index contributed by atoms with van der Waals surface area (Å²) in [7, 11) is 0. The van der Waals surface area contributed by atoms with Crippen LogP contribution in [0.5, 0.6) is 0 Å². The van der Waals surface area contributed by atoms with Crippen molar-refractivity contribution in [3.63, 3.8) is 0 Å². The molecule has 0 rings (SSSR count). The van der Waals surface area contributed by atoms with Gasteiger partial charge in [0.05, 0.1) is 0 Å². The molecule has 1 amide bonds. The van der Waals surface area contributed by atoms with Crippen molar-refractivity contribution in [3.8, 4) is 0 Å². The third-order valence-electron chi connectivity index (χ3n) is 1.81. The third-order valence-corrected chi connectivity index (χ3v) is 1.81. The number of nitrogens with one attached hydrogen (secondary N) is 1. The number of carboxylic acids is 1. The second-order valence-corrected chi connectivity index (χ2v) is 4.63. The minimum Gasteiger partial charge on any atom is -0.479 e. The highest BCUT2D eigenvalue weighted by Gasteiger charge is 2.35. The summed E-state index contributed by atoms with van der Waals surface area (Å²) in [5, 5.41) is 19.5. The van der Waals surface area contributed by atoms with E-state index in [2.05, 4.69) is 0 Å². The quantitative estimate of drug-likeness (QED) is 0.680. The van der Waals surface area contributed by atoms with E-state index in [1.54, 1.807) is 5.32 Å². The van der Waals surface area contributed by atoms with Crippen molar-refractivity contribution in [2.75, 3.05) is 6.67 Å². The third kappa shape index (κ3) is 5.76. The van der Waals surface area contributed by atoms with Crippen LogP contribution in [0.1, 0.15) is 20.8 Å². The Balaban J connectivity index is 4.70. The van der Waals surface area contributed by atoms with Gasteiger partial charge in [0.2, 0.25) is 0 Å². The molecule has 0 aliphatic rings. The Hall–Kier alpha value is -1.44. The molecule has 0 aliphatic carbocycles. The van der Waals surface area contributed by atoms with Gasteiger partial charge in [0.25, 0.3) is 0 Å². The van der Waals surface area contributed by atoms with E-state index in [9.17, 15) is 18.4 Å². The maximum atomic E-state index is 13.1. The number of alkyl carbamates (subject to hydrolysis) is 1. The number of carbonyl (C=O) groups excluding carboxylic acids is 1. The van der Waals surface area contributed by atoms with Crippen molar-refractivity contribution in [1.82, 2.24) is 5.32 Å². The number of aliphatic carboxylic acids is 1. The minimum atomic E-state index is -2.34. The number of hydrogen-bond donors (Lipinski definition) is 3. The predicted octanol–water partition coefficient (Wildman–Crippen LogP) is 0.633. The molecule has 0 aromatic carbocycles. The van der Waals surface area contributed by atoms with E-state index in [1.165, 1.54) is 20.8 Å². The standard InChI is InChI=1S/C10H17F2NO5/c1-10(2,3)18-9(17)13-6(5(12)4-11)7(14)8(15)16/h5-7,14H,4H2,1-3H3,(H,13,17)(H,15,16)/t5-,6-,7+/m0/s1. The highest BCUT2D eigenvalue weighted by Crippen LogP contribution is 2.10.